The van der Waals surface area contributed by atoms with Gasteiger partial charge in [0.15, 0.2) is 11.6 Å². The molecule has 0 atom stereocenters. The van der Waals surface area contributed by atoms with Crippen LogP contribution in [0.3, 0.4) is 0 Å². The summed E-state index contributed by atoms with van der Waals surface area (Å²) in [5.41, 5.74) is -0.206. The lowest BCUT2D eigenvalue weighted by atomic mass is 10.2. The van der Waals surface area contributed by atoms with E-state index in [1.165, 1.54) is 24.5 Å². The van der Waals surface area contributed by atoms with Gasteiger partial charge in [-0.25, -0.2) is 8.78 Å². The number of benzene rings is 1. The maximum Gasteiger partial charge on any atom is 0.260 e. The van der Waals surface area contributed by atoms with E-state index in [1.807, 2.05) is 0 Å². The lowest BCUT2D eigenvalue weighted by Gasteiger charge is -2.05. The number of nitrogens with one attached hydrogen (secondary N) is 1. The molecule has 2 aromatic rings. The summed E-state index contributed by atoms with van der Waals surface area (Å²) in [5.74, 6) is -2.84. The molecule has 0 spiro atoms. The minimum Gasteiger partial charge on any atom is -0.452 e. The zero-order valence-corrected chi connectivity index (χ0v) is 9.09. The quantitative estimate of drug-likeness (QED) is 0.895. The van der Waals surface area contributed by atoms with E-state index in [0.29, 0.717) is 0 Å². The first-order valence-electron chi connectivity index (χ1n) is 4.58. The Morgan fingerprint density at radius 3 is 2.71 bits per heavy atom. The average molecular weight is 258 g/mol. The van der Waals surface area contributed by atoms with Crippen molar-refractivity contribution in [3.8, 4) is 0 Å². The molecule has 0 fully saturated rings. The summed E-state index contributed by atoms with van der Waals surface area (Å²) in [6.07, 6.45) is 1.22. The molecule has 17 heavy (non-hydrogen) atoms. The first-order valence-corrected chi connectivity index (χ1v) is 4.95. The average Bonchev–Trinajstić information content (AvgIpc) is 2.71. The van der Waals surface area contributed by atoms with Crippen molar-refractivity contribution in [2.75, 3.05) is 5.32 Å². The summed E-state index contributed by atoms with van der Waals surface area (Å²) in [5, 5.41) is 2.08. The summed E-state index contributed by atoms with van der Waals surface area (Å²) >= 11 is 5.58. The van der Waals surface area contributed by atoms with E-state index in [1.54, 1.807) is 0 Å². The predicted molar refractivity (Wildman–Crippen MR) is 58.0 cm³/mol. The Hall–Kier alpha value is -1.88. The van der Waals surface area contributed by atoms with Gasteiger partial charge in [0, 0.05) is 0 Å². The van der Waals surface area contributed by atoms with Gasteiger partial charge in [-0.15, -0.1) is 0 Å². The number of carbonyl (C=O) groups is 1. The Morgan fingerprint density at radius 2 is 2.06 bits per heavy atom. The van der Waals surface area contributed by atoms with Crippen molar-refractivity contribution in [3.05, 3.63) is 52.9 Å². The van der Waals surface area contributed by atoms with Gasteiger partial charge in [-0.2, -0.15) is 0 Å². The number of rotatable bonds is 2. The second kappa shape index (κ2) is 4.55. The van der Waals surface area contributed by atoms with Crippen molar-refractivity contribution in [3.63, 3.8) is 0 Å². The Balaban J connectivity index is 2.25. The normalized spacial score (nSPS) is 10.3. The molecule has 0 aliphatic rings. The fourth-order valence-corrected chi connectivity index (χ4v) is 1.45. The molecule has 0 saturated carbocycles. The maximum atomic E-state index is 13.3. The molecule has 3 nitrogen and oxygen atoms in total. The number of furan rings is 1. The number of amides is 1. The predicted octanol–water partition coefficient (Wildman–Crippen LogP) is 3.46. The minimum absolute atomic E-state index is 0.0512. The molecule has 2 rings (SSSR count). The van der Waals surface area contributed by atoms with Gasteiger partial charge < -0.3 is 9.73 Å². The molecule has 88 valence electrons. The monoisotopic (exact) mass is 257 g/mol. The molecular formula is C11H6ClF2NO2. The van der Waals surface area contributed by atoms with Gasteiger partial charge >= 0.3 is 0 Å². The molecule has 0 aliphatic heterocycles. The van der Waals surface area contributed by atoms with Crippen molar-refractivity contribution in [1.29, 1.82) is 0 Å². The minimum atomic E-state index is -1.12. The largest absolute Gasteiger partial charge is 0.452 e. The van der Waals surface area contributed by atoms with Gasteiger partial charge in [0.05, 0.1) is 17.5 Å². The van der Waals surface area contributed by atoms with Crippen molar-refractivity contribution >= 4 is 23.2 Å². The van der Waals surface area contributed by atoms with Crippen LogP contribution in [0, 0.1) is 11.6 Å². The highest BCUT2D eigenvalue weighted by molar-refractivity contribution is 6.32. The summed E-state index contributed by atoms with van der Waals surface area (Å²) < 4.78 is 30.9. The SMILES string of the molecule is O=C(Nc1cccc(F)c1F)c1ccoc1Cl. The van der Waals surface area contributed by atoms with Crippen LogP contribution in [0.25, 0.3) is 0 Å². The third-order valence-electron chi connectivity index (χ3n) is 2.06. The molecule has 0 aliphatic carbocycles. The molecule has 6 heteroatoms. The molecule has 1 amide bonds. The fourth-order valence-electron chi connectivity index (χ4n) is 1.25. The number of halogens is 3. The molecule has 0 radical (unpaired) electrons. The highest BCUT2D eigenvalue weighted by atomic mass is 35.5. The summed E-state index contributed by atoms with van der Waals surface area (Å²) in [7, 11) is 0. The molecule has 1 heterocycles. The van der Waals surface area contributed by atoms with Crippen LogP contribution in [-0.2, 0) is 0 Å². The van der Waals surface area contributed by atoms with Gasteiger partial charge in [0.2, 0.25) is 5.22 Å². The van der Waals surface area contributed by atoms with Crippen LogP contribution >= 0.6 is 11.6 Å². The Labute approximate surface area is 100.0 Å². The molecule has 1 N–H and O–H groups in total. The van der Waals surface area contributed by atoms with Crippen LogP contribution in [0.15, 0.2) is 34.9 Å². The smallest absolute Gasteiger partial charge is 0.260 e. The lowest BCUT2D eigenvalue weighted by Crippen LogP contribution is -2.13. The summed E-state index contributed by atoms with van der Waals surface area (Å²) in [6.45, 7) is 0. The van der Waals surface area contributed by atoms with Crippen LogP contribution in [0.4, 0.5) is 14.5 Å². The first kappa shape index (κ1) is 11.6. The third-order valence-corrected chi connectivity index (χ3v) is 2.36. The Bertz CT molecular complexity index is 568. The highest BCUT2D eigenvalue weighted by Crippen LogP contribution is 2.21. The number of hydrogen-bond donors (Lipinski definition) is 1. The zero-order chi connectivity index (χ0) is 12.4. The van der Waals surface area contributed by atoms with Crippen LogP contribution in [0.1, 0.15) is 10.4 Å². The second-order valence-electron chi connectivity index (χ2n) is 3.16. The topological polar surface area (TPSA) is 42.2 Å². The number of hydrogen-bond acceptors (Lipinski definition) is 2. The van der Waals surface area contributed by atoms with E-state index in [-0.39, 0.29) is 16.5 Å². The Morgan fingerprint density at radius 1 is 1.29 bits per heavy atom. The molecule has 1 aromatic heterocycles. The van der Waals surface area contributed by atoms with E-state index in [4.69, 9.17) is 16.0 Å². The van der Waals surface area contributed by atoms with Gasteiger partial charge in [-0.05, 0) is 29.8 Å². The lowest BCUT2D eigenvalue weighted by molar-refractivity contribution is 0.102. The van der Waals surface area contributed by atoms with Gasteiger partial charge in [-0.3, -0.25) is 4.79 Å². The first-order chi connectivity index (χ1) is 8.09. The van der Waals surface area contributed by atoms with Crippen LogP contribution in [-0.4, -0.2) is 5.91 Å². The van der Waals surface area contributed by atoms with Crippen LogP contribution in [0.5, 0.6) is 0 Å². The van der Waals surface area contributed by atoms with Crippen molar-refractivity contribution < 1.29 is 18.0 Å². The fraction of sp³-hybridized carbons (Fsp3) is 0. The van der Waals surface area contributed by atoms with Crippen molar-refractivity contribution in [1.82, 2.24) is 0 Å². The molecule has 1 aromatic carbocycles. The van der Waals surface area contributed by atoms with Crippen molar-refractivity contribution in [2.24, 2.45) is 0 Å². The van der Waals surface area contributed by atoms with E-state index in [2.05, 4.69) is 5.32 Å². The summed E-state index contributed by atoms with van der Waals surface area (Å²) in [4.78, 5) is 11.6. The zero-order valence-electron chi connectivity index (χ0n) is 8.34. The summed E-state index contributed by atoms with van der Waals surface area (Å²) in [6, 6.07) is 4.81. The number of carbonyl (C=O) groups excluding carboxylic acids is 1. The van der Waals surface area contributed by atoms with Gasteiger partial charge in [0.25, 0.3) is 5.91 Å². The molecule has 0 unspecified atom stereocenters. The van der Waals surface area contributed by atoms with E-state index in [0.717, 1.165) is 6.07 Å². The Kier molecular flexibility index (Phi) is 3.10. The maximum absolute atomic E-state index is 13.3. The third kappa shape index (κ3) is 2.29. The molecule has 0 bridgehead atoms. The van der Waals surface area contributed by atoms with E-state index >= 15 is 0 Å². The van der Waals surface area contributed by atoms with Crippen molar-refractivity contribution in [2.45, 2.75) is 0 Å². The van der Waals surface area contributed by atoms with E-state index in [9.17, 15) is 13.6 Å². The van der Waals surface area contributed by atoms with E-state index < -0.39 is 17.5 Å². The van der Waals surface area contributed by atoms with Crippen LogP contribution in [0.2, 0.25) is 5.22 Å². The van der Waals surface area contributed by atoms with Crippen LogP contribution < -0.4 is 5.32 Å². The molecule has 0 saturated heterocycles. The van der Waals surface area contributed by atoms with Gasteiger partial charge in [0.1, 0.15) is 0 Å². The molecular weight excluding hydrogens is 252 g/mol. The second-order valence-corrected chi connectivity index (χ2v) is 3.51. The van der Waals surface area contributed by atoms with Gasteiger partial charge in [-0.1, -0.05) is 6.07 Å². The number of anilines is 1. The highest BCUT2D eigenvalue weighted by Gasteiger charge is 2.16. The standard InChI is InChI=1S/C11H6ClF2NO2/c12-10-6(4-5-17-10)11(16)15-8-3-1-2-7(13)9(8)14/h1-5H,(H,15,16).